The summed E-state index contributed by atoms with van der Waals surface area (Å²) in [7, 11) is 0. The quantitative estimate of drug-likeness (QED) is 0.424. The second-order valence-corrected chi connectivity index (χ2v) is 8.08. The molecule has 34 heavy (non-hydrogen) atoms. The van der Waals surface area contributed by atoms with Gasteiger partial charge in [-0.15, -0.1) is 0 Å². The minimum atomic E-state index is -0.964. The van der Waals surface area contributed by atoms with E-state index in [-0.39, 0.29) is 6.03 Å². The number of halogens is 3. The molecule has 2 amide bonds. The number of anilines is 2. The van der Waals surface area contributed by atoms with Crippen LogP contribution in [-0.4, -0.2) is 52.1 Å². The Morgan fingerprint density at radius 3 is 2.47 bits per heavy atom. The van der Waals surface area contributed by atoms with E-state index in [0.717, 1.165) is 17.8 Å². The van der Waals surface area contributed by atoms with Crippen molar-refractivity contribution in [2.75, 3.05) is 36.4 Å². The molecule has 4 aromatic rings. The van der Waals surface area contributed by atoms with Gasteiger partial charge in [-0.25, -0.2) is 23.5 Å². The zero-order chi connectivity index (χ0) is 23.7. The molecule has 1 aliphatic rings. The number of aromatic nitrogens is 3. The summed E-state index contributed by atoms with van der Waals surface area (Å²) >= 11 is 5.73. The molecule has 0 bridgehead atoms. The number of fused-ring (bicyclic) bond motifs is 1. The van der Waals surface area contributed by atoms with Crippen LogP contribution >= 0.6 is 11.6 Å². The fourth-order valence-electron chi connectivity index (χ4n) is 3.78. The molecule has 2 N–H and O–H groups in total. The van der Waals surface area contributed by atoms with Gasteiger partial charge in [0.15, 0.2) is 11.6 Å². The first kappa shape index (κ1) is 21.9. The van der Waals surface area contributed by atoms with Gasteiger partial charge < -0.3 is 24.8 Å². The molecule has 0 radical (unpaired) electrons. The van der Waals surface area contributed by atoms with Crippen molar-refractivity contribution in [3.05, 3.63) is 71.8 Å². The number of carbonyl (C=O) groups excluding carboxylic acids is 1. The molecule has 0 atom stereocenters. The maximum absolute atomic E-state index is 13.6. The van der Waals surface area contributed by atoms with E-state index in [1.807, 2.05) is 24.3 Å². The average molecular weight is 485 g/mol. The molecule has 5 rings (SSSR count). The van der Waals surface area contributed by atoms with E-state index in [2.05, 4.69) is 25.2 Å². The zero-order valence-electron chi connectivity index (χ0n) is 17.8. The van der Waals surface area contributed by atoms with Crippen molar-refractivity contribution in [2.24, 2.45) is 0 Å². The number of hydrogen-bond donors (Lipinski definition) is 2. The second-order valence-electron chi connectivity index (χ2n) is 7.69. The molecular weight excluding hydrogens is 466 g/mol. The molecular formula is C23H19ClF2N6O2. The summed E-state index contributed by atoms with van der Waals surface area (Å²) in [6.07, 6.45) is 4.39. The number of rotatable bonds is 4. The number of aromatic amines is 1. The summed E-state index contributed by atoms with van der Waals surface area (Å²) < 4.78 is 32.7. The summed E-state index contributed by atoms with van der Waals surface area (Å²) in [6, 6.07) is 9.40. The molecule has 8 nitrogen and oxygen atoms in total. The van der Waals surface area contributed by atoms with Crippen LogP contribution in [-0.2, 0) is 0 Å². The molecule has 0 aliphatic carbocycles. The van der Waals surface area contributed by atoms with E-state index in [0.29, 0.717) is 59.6 Å². The number of benzene rings is 2. The zero-order valence-corrected chi connectivity index (χ0v) is 18.5. The SMILES string of the molecule is O=C(Nc1c[nH]c2cc(F)c(F)cc12)N1CCN(c2ccc(Oc3cnc(Cl)cn3)cc2)CC1. The Hall–Kier alpha value is -3.92. The van der Waals surface area contributed by atoms with Crippen LogP contribution in [0.3, 0.4) is 0 Å². The van der Waals surface area contributed by atoms with Crippen LogP contribution in [0.1, 0.15) is 0 Å². The predicted octanol–water partition coefficient (Wildman–Crippen LogP) is 5.04. The Morgan fingerprint density at radius 1 is 1.03 bits per heavy atom. The number of hydrogen-bond acceptors (Lipinski definition) is 5. The van der Waals surface area contributed by atoms with Crippen molar-refractivity contribution in [1.29, 1.82) is 0 Å². The van der Waals surface area contributed by atoms with Gasteiger partial charge in [0.25, 0.3) is 0 Å². The predicted molar refractivity (Wildman–Crippen MR) is 125 cm³/mol. The number of amides is 2. The molecule has 0 unspecified atom stereocenters. The molecule has 0 spiro atoms. The topological polar surface area (TPSA) is 86.4 Å². The van der Waals surface area contributed by atoms with Crippen LogP contribution in [0.5, 0.6) is 11.6 Å². The third kappa shape index (κ3) is 4.58. The Balaban J connectivity index is 1.17. The van der Waals surface area contributed by atoms with Crippen molar-refractivity contribution in [2.45, 2.75) is 0 Å². The van der Waals surface area contributed by atoms with Gasteiger partial charge in [-0.05, 0) is 30.3 Å². The van der Waals surface area contributed by atoms with Gasteiger partial charge in [-0.2, -0.15) is 0 Å². The van der Waals surface area contributed by atoms with Crippen LogP contribution in [0, 0.1) is 11.6 Å². The van der Waals surface area contributed by atoms with Crippen LogP contribution in [0.4, 0.5) is 25.0 Å². The minimum absolute atomic E-state index is 0.293. The van der Waals surface area contributed by atoms with Gasteiger partial charge in [-0.3, -0.25) is 0 Å². The Labute approximate surface area is 198 Å². The minimum Gasteiger partial charge on any atom is -0.438 e. The third-order valence-corrected chi connectivity index (χ3v) is 5.75. The lowest BCUT2D eigenvalue weighted by Crippen LogP contribution is -2.50. The molecule has 174 valence electrons. The number of urea groups is 1. The van der Waals surface area contributed by atoms with Gasteiger partial charge in [0, 0.05) is 49.5 Å². The van der Waals surface area contributed by atoms with E-state index in [9.17, 15) is 13.6 Å². The molecule has 11 heteroatoms. The van der Waals surface area contributed by atoms with Gasteiger partial charge >= 0.3 is 6.03 Å². The highest BCUT2D eigenvalue weighted by atomic mass is 35.5. The lowest BCUT2D eigenvalue weighted by molar-refractivity contribution is 0.208. The Morgan fingerprint density at radius 2 is 1.76 bits per heavy atom. The highest BCUT2D eigenvalue weighted by Crippen LogP contribution is 2.27. The molecule has 1 aliphatic heterocycles. The number of H-pyrrole nitrogens is 1. The first-order chi connectivity index (χ1) is 16.5. The number of carbonyl (C=O) groups is 1. The molecule has 1 saturated heterocycles. The third-order valence-electron chi connectivity index (χ3n) is 5.55. The lowest BCUT2D eigenvalue weighted by atomic mass is 10.2. The molecule has 2 aromatic heterocycles. The van der Waals surface area contributed by atoms with Gasteiger partial charge in [0.05, 0.1) is 23.6 Å². The molecule has 0 saturated carbocycles. The largest absolute Gasteiger partial charge is 0.438 e. The maximum Gasteiger partial charge on any atom is 0.322 e. The van der Waals surface area contributed by atoms with Crippen molar-refractivity contribution in [1.82, 2.24) is 19.9 Å². The molecule has 2 aromatic carbocycles. The first-order valence-electron chi connectivity index (χ1n) is 10.5. The Kier molecular flexibility index (Phi) is 5.89. The monoisotopic (exact) mass is 484 g/mol. The van der Waals surface area contributed by atoms with Crippen molar-refractivity contribution >= 4 is 39.9 Å². The van der Waals surface area contributed by atoms with Gasteiger partial charge in [0.2, 0.25) is 5.88 Å². The van der Waals surface area contributed by atoms with E-state index >= 15 is 0 Å². The van der Waals surface area contributed by atoms with Crippen LogP contribution < -0.4 is 15.0 Å². The normalized spacial score (nSPS) is 13.9. The highest BCUT2D eigenvalue weighted by Gasteiger charge is 2.22. The van der Waals surface area contributed by atoms with Crippen molar-refractivity contribution < 1.29 is 18.3 Å². The van der Waals surface area contributed by atoms with Gasteiger partial charge in [0.1, 0.15) is 10.9 Å². The van der Waals surface area contributed by atoms with Crippen molar-refractivity contribution in [3.8, 4) is 11.6 Å². The molecule has 3 heterocycles. The summed E-state index contributed by atoms with van der Waals surface area (Å²) in [6.45, 7) is 2.31. The maximum atomic E-state index is 13.6. The van der Waals surface area contributed by atoms with E-state index < -0.39 is 11.6 Å². The van der Waals surface area contributed by atoms with E-state index in [1.165, 1.54) is 18.6 Å². The van der Waals surface area contributed by atoms with Crippen LogP contribution in [0.15, 0.2) is 55.0 Å². The number of piperazine rings is 1. The fraction of sp³-hybridized carbons (Fsp3) is 0.174. The summed E-state index contributed by atoms with van der Waals surface area (Å²) in [5, 5.41) is 3.49. The summed E-state index contributed by atoms with van der Waals surface area (Å²) in [5.41, 5.74) is 1.82. The summed E-state index contributed by atoms with van der Waals surface area (Å²) in [4.78, 5) is 27.4. The average Bonchev–Trinajstić information content (AvgIpc) is 3.22. The highest BCUT2D eigenvalue weighted by molar-refractivity contribution is 6.29. The van der Waals surface area contributed by atoms with Gasteiger partial charge in [-0.1, -0.05) is 11.6 Å². The number of nitrogens with one attached hydrogen (secondary N) is 2. The molecule has 1 fully saturated rings. The standard InChI is InChI=1S/C23H19ClF2N6O2/c24-21-12-29-22(13-28-21)34-15-3-1-14(2-4-15)31-5-7-32(8-6-31)23(33)30-20-11-27-19-10-18(26)17(25)9-16(19)20/h1-4,9-13,27H,5-8H2,(H,30,33). The first-order valence-corrected chi connectivity index (χ1v) is 10.9. The van der Waals surface area contributed by atoms with Crippen LogP contribution in [0.2, 0.25) is 5.15 Å². The number of ether oxygens (including phenoxy) is 1. The summed E-state index contributed by atoms with van der Waals surface area (Å²) in [5.74, 6) is -0.941. The van der Waals surface area contributed by atoms with Crippen LogP contribution in [0.25, 0.3) is 10.9 Å². The fourth-order valence-corrected chi connectivity index (χ4v) is 3.88. The Bertz CT molecular complexity index is 1320. The lowest BCUT2D eigenvalue weighted by Gasteiger charge is -2.36. The smallest absolute Gasteiger partial charge is 0.322 e. The second kappa shape index (κ2) is 9.14. The van der Waals surface area contributed by atoms with E-state index in [4.69, 9.17) is 16.3 Å². The van der Waals surface area contributed by atoms with E-state index in [1.54, 1.807) is 4.90 Å². The number of nitrogens with zero attached hydrogens (tertiary/aromatic N) is 4. The van der Waals surface area contributed by atoms with Crippen molar-refractivity contribution in [3.63, 3.8) is 0 Å².